The Bertz CT molecular complexity index is 436. The van der Waals surface area contributed by atoms with Crippen molar-refractivity contribution in [3.05, 3.63) is 30.1 Å². The summed E-state index contributed by atoms with van der Waals surface area (Å²) in [5.41, 5.74) is 1.25. The van der Waals surface area contributed by atoms with Crippen molar-refractivity contribution in [1.82, 2.24) is 14.8 Å². The Morgan fingerprint density at radius 1 is 1.32 bits per heavy atom. The van der Waals surface area contributed by atoms with Crippen LogP contribution < -0.4 is 0 Å². The van der Waals surface area contributed by atoms with Gasteiger partial charge in [0.25, 0.3) is 0 Å². The molecule has 2 aliphatic rings. The van der Waals surface area contributed by atoms with E-state index in [1.54, 1.807) is 0 Å². The summed E-state index contributed by atoms with van der Waals surface area (Å²) in [6, 6.07) is 4.49. The fourth-order valence-corrected chi connectivity index (χ4v) is 2.75. The fourth-order valence-electron chi connectivity index (χ4n) is 2.75. The summed E-state index contributed by atoms with van der Waals surface area (Å²) >= 11 is 0. The second-order valence-electron chi connectivity index (χ2n) is 5.60. The number of nitrogens with zero attached hydrogens (tertiary/aromatic N) is 3. The number of piperazine rings is 1. The number of aromatic nitrogens is 1. The van der Waals surface area contributed by atoms with Crippen molar-refractivity contribution in [2.24, 2.45) is 5.92 Å². The standard InChI is InChI=1S/C15H21N3O/c1-12(14-3-2-6-16-11-14)17-7-9-18(10-8-17)15(19)13-4-5-13/h2-3,6,11-13H,4-5,7-10H2,1H3. The molecule has 2 heterocycles. The first kappa shape index (κ1) is 12.6. The number of carbonyl (C=O) groups is 1. The molecular weight excluding hydrogens is 238 g/mol. The van der Waals surface area contributed by atoms with Gasteiger partial charge >= 0.3 is 0 Å². The summed E-state index contributed by atoms with van der Waals surface area (Å²) < 4.78 is 0. The van der Waals surface area contributed by atoms with Crippen LogP contribution in [-0.2, 0) is 4.79 Å². The molecule has 1 aromatic rings. The van der Waals surface area contributed by atoms with Crippen LogP contribution in [0.2, 0.25) is 0 Å². The molecule has 19 heavy (non-hydrogen) atoms. The van der Waals surface area contributed by atoms with E-state index in [9.17, 15) is 4.79 Å². The van der Waals surface area contributed by atoms with Crippen LogP contribution in [0.1, 0.15) is 31.4 Å². The Kier molecular flexibility index (Phi) is 3.51. The molecule has 0 aromatic carbocycles. The summed E-state index contributed by atoms with van der Waals surface area (Å²) in [6.07, 6.45) is 5.95. The normalized spacial score (nSPS) is 22.3. The Morgan fingerprint density at radius 2 is 2.05 bits per heavy atom. The van der Waals surface area contributed by atoms with Crippen LogP contribution in [-0.4, -0.2) is 46.9 Å². The minimum Gasteiger partial charge on any atom is -0.340 e. The average molecular weight is 259 g/mol. The number of carbonyl (C=O) groups excluding carboxylic acids is 1. The predicted octanol–water partition coefficient (Wildman–Crippen LogP) is 1.70. The van der Waals surface area contributed by atoms with Gasteiger partial charge in [0.05, 0.1) is 0 Å². The second-order valence-corrected chi connectivity index (χ2v) is 5.60. The van der Waals surface area contributed by atoms with E-state index in [2.05, 4.69) is 22.9 Å². The number of hydrogen-bond acceptors (Lipinski definition) is 3. The highest BCUT2D eigenvalue weighted by molar-refractivity contribution is 5.81. The molecule has 4 nitrogen and oxygen atoms in total. The van der Waals surface area contributed by atoms with E-state index in [0.717, 1.165) is 39.0 Å². The minimum atomic E-state index is 0.349. The zero-order valence-corrected chi connectivity index (χ0v) is 11.5. The highest BCUT2D eigenvalue weighted by atomic mass is 16.2. The molecule has 0 N–H and O–H groups in total. The zero-order chi connectivity index (χ0) is 13.2. The van der Waals surface area contributed by atoms with Crippen molar-refractivity contribution in [3.8, 4) is 0 Å². The highest BCUT2D eigenvalue weighted by Gasteiger charge is 2.35. The van der Waals surface area contributed by atoms with Gasteiger partial charge < -0.3 is 4.90 Å². The van der Waals surface area contributed by atoms with Gasteiger partial charge in [0.2, 0.25) is 5.91 Å². The highest BCUT2D eigenvalue weighted by Crippen LogP contribution is 2.31. The van der Waals surface area contributed by atoms with E-state index in [0.29, 0.717) is 17.9 Å². The number of pyridine rings is 1. The van der Waals surface area contributed by atoms with Crippen molar-refractivity contribution in [2.45, 2.75) is 25.8 Å². The van der Waals surface area contributed by atoms with Gasteiger partial charge in [-0.2, -0.15) is 0 Å². The van der Waals surface area contributed by atoms with Gasteiger partial charge in [0.15, 0.2) is 0 Å². The maximum Gasteiger partial charge on any atom is 0.225 e. The van der Waals surface area contributed by atoms with Gasteiger partial charge in [-0.15, -0.1) is 0 Å². The third kappa shape index (κ3) is 2.78. The Morgan fingerprint density at radius 3 is 2.63 bits per heavy atom. The first-order valence-electron chi connectivity index (χ1n) is 7.18. The van der Waals surface area contributed by atoms with Crippen LogP contribution >= 0.6 is 0 Å². The number of rotatable bonds is 3. The Hall–Kier alpha value is -1.42. The molecule has 102 valence electrons. The molecule has 0 spiro atoms. The SMILES string of the molecule is CC(c1cccnc1)N1CCN(C(=O)C2CC2)CC1. The molecule has 1 saturated carbocycles. The van der Waals surface area contributed by atoms with Gasteiger partial charge in [-0.25, -0.2) is 0 Å². The minimum absolute atomic E-state index is 0.349. The van der Waals surface area contributed by atoms with E-state index in [1.807, 2.05) is 23.4 Å². The molecule has 0 radical (unpaired) electrons. The molecule has 1 saturated heterocycles. The second kappa shape index (κ2) is 5.29. The van der Waals surface area contributed by atoms with Gasteiger partial charge in [-0.3, -0.25) is 14.7 Å². The predicted molar refractivity (Wildman–Crippen MR) is 73.5 cm³/mol. The van der Waals surface area contributed by atoms with Gasteiger partial charge in [-0.1, -0.05) is 6.07 Å². The molecule has 1 atom stereocenters. The van der Waals surface area contributed by atoms with Gasteiger partial charge in [0, 0.05) is 50.5 Å². The molecule has 1 amide bonds. The zero-order valence-electron chi connectivity index (χ0n) is 11.5. The van der Waals surface area contributed by atoms with Crippen LogP contribution in [0.5, 0.6) is 0 Å². The molecule has 1 aliphatic heterocycles. The van der Waals surface area contributed by atoms with Gasteiger partial charge in [-0.05, 0) is 31.4 Å². The molecular formula is C15H21N3O. The van der Waals surface area contributed by atoms with E-state index in [4.69, 9.17) is 0 Å². The van der Waals surface area contributed by atoms with Gasteiger partial charge in [0.1, 0.15) is 0 Å². The lowest BCUT2D eigenvalue weighted by Crippen LogP contribution is -2.49. The lowest BCUT2D eigenvalue weighted by Gasteiger charge is -2.38. The smallest absolute Gasteiger partial charge is 0.225 e. The van der Waals surface area contributed by atoms with E-state index in [1.165, 1.54) is 5.56 Å². The van der Waals surface area contributed by atoms with Crippen molar-refractivity contribution < 1.29 is 4.79 Å². The molecule has 4 heteroatoms. The largest absolute Gasteiger partial charge is 0.340 e. The fraction of sp³-hybridized carbons (Fsp3) is 0.600. The third-order valence-electron chi connectivity index (χ3n) is 4.27. The van der Waals surface area contributed by atoms with Crippen LogP contribution in [0.15, 0.2) is 24.5 Å². The maximum absolute atomic E-state index is 12.0. The summed E-state index contributed by atoms with van der Waals surface area (Å²) in [7, 11) is 0. The molecule has 1 unspecified atom stereocenters. The summed E-state index contributed by atoms with van der Waals surface area (Å²) in [4.78, 5) is 20.7. The van der Waals surface area contributed by atoms with E-state index in [-0.39, 0.29) is 0 Å². The van der Waals surface area contributed by atoms with Crippen LogP contribution in [0.3, 0.4) is 0 Å². The lowest BCUT2D eigenvalue weighted by molar-refractivity contribution is -0.134. The summed E-state index contributed by atoms with van der Waals surface area (Å²) in [5.74, 6) is 0.732. The van der Waals surface area contributed by atoms with Crippen molar-refractivity contribution >= 4 is 5.91 Å². The summed E-state index contributed by atoms with van der Waals surface area (Å²) in [6.45, 7) is 5.90. The van der Waals surface area contributed by atoms with Crippen molar-refractivity contribution in [1.29, 1.82) is 0 Å². The topological polar surface area (TPSA) is 36.4 Å². The van der Waals surface area contributed by atoms with Crippen LogP contribution in [0, 0.1) is 5.92 Å². The van der Waals surface area contributed by atoms with E-state index < -0.39 is 0 Å². The Balaban J connectivity index is 1.56. The van der Waals surface area contributed by atoms with Crippen LogP contribution in [0.25, 0.3) is 0 Å². The maximum atomic E-state index is 12.0. The van der Waals surface area contributed by atoms with E-state index >= 15 is 0 Å². The average Bonchev–Trinajstić information content (AvgIpc) is 3.31. The monoisotopic (exact) mass is 259 g/mol. The summed E-state index contributed by atoms with van der Waals surface area (Å²) in [5, 5.41) is 0. The lowest BCUT2D eigenvalue weighted by atomic mass is 10.1. The first-order valence-corrected chi connectivity index (χ1v) is 7.18. The Labute approximate surface area is 114 Å². The molecule has 2 fully saturated rings. The van der Waals surface area contributed by atoms with Crippen LogP contribution in [0.4, 0.5) is 0 Å². The molecule has 0 bridgehead atoms. The first-order chi connectivity index (χ1) is 9.25. The number of hydrogen-bond donors (Lipinski definition) is 0. The molecule has 3 rings (SSSR count). The molecule has 1 aliphatic carbocycles. The number of amides is 1. The van der Waals surface area contributed by atoms with Crippen molar-refractivity contribution in [3.63, 3.8) is 0 Å². The third-order valence-corrected chi connectivity index (χ3v) is 4.27. The van der Waals surface area contributed by atoms with Crippen molar-refractivity contribution in [2.75, 3.05) is 26.2 Å². The molecule has 1 aromatic heterocycles. The quantitative estimate of drug-likeness (QED) is 0.829.